The maximum atomic E-state index is 14.4. The van der Waals surface area contributed by atoms with E-state index in [9.17, 15) is 35.1 Å². The van der Waals surface area contributed by atoms with Crippen molar-refractivity contribution in [3.05, 3.63) is 70.0 Å². The number of allylic oxidation sites excluding steroid dienone is 1. The van der Waals surface area contributed by atoms with Crippen LogP contribution in [-0.4, -0.2) is 173 Å². The van der Waals surface area contributed by atoms with Gasteiger partial charge in [-0.15, -0.1) is 0 Å². The number of phenolic OH excluding ortho intramolecular Hbond substituents is 1. The number of hydrogen-bond acceptors (Lipinski definition) is 19. The Morgan fingerprint density at radius 1 is 1.01 bits per heavy atom. The van der Waals surface area contributed by atoms with Gasteiger partial charge in [-0.05, 0) is 90.5 Å². The number of hydrogen-bond donors (Lipinski definition) is 6. The lowest BCUT2D eigenvalue weighted by atomic mass is 9.88. The summed E-state index contributed by atoms with van der Waals surface area (Å²) in [7, 11) is 6.37. The third-order valence-electron chi connectivity index (χ3n) is 14.0. The van der Waals surface area contributed by atoms with Crippen LogP contribution in [0.2, 0.25) is 5.15 Å². The second-order valence-corrected chi connectivity index (χ2v) is 20.2. The minimum atomic E-state index is -1.58. The predicted molar refractivity (Wildman–Crippen MR) is 262 cm³/mol. The molecular formula is C53H60ClN3O17. The first kappa shape index (κ1) is 53.1. The van der Waals surface area contributed by atoms with Crippen molar-refractivity contribution in [2.45, 2.75) is 144 Å². The van der Waals surface area contributed by atoms with Gasteiger partial charge in [-0.2, -0.15) is 0 Å². The van der Waals surface area contributed by atoms with Crippen LogP contribution < -0.4 is 24.3 Å². The van der Waals surface area contributed by atoms with Gasteiger partial charge in [-0.1, -0.05) is 35.3 Å². The van der Waals surface area contributed by atoms with Gasteiger partial charge < -0.3 is 83.1 Å². The van der Waals surface area contributed by atoms with Crippen molar-refractivity contribution in [1.29, 1.82) is 0 Å². The summed E-state index contributed by atoms with van der Waals surface area (Å²) in [5.41, 5.74) is -2.43. The van der Waals surface area contributed by atoms with Gasteiger partial charge in [0.15, 0.2) is 46.7 Å². The van der Waals surface area contributed by atoms with E-state index in [1.807, 2.05) is 13.8 Å². The zero-order valence-electron chi connectivity index (χ0n) is 42.2. The molecule has 396 valence electrons. The van der Waals surface area contributed by atoms with Gasteiger partial charge in [0.2, 0.25) is 5.75 Å². The first-order valence-electron chi connectivity index (χ1n) is 24.2. The lowest BCUT2D eigenvalue weighted by molar-refractivity contribution is -0.291. The number of amides is 1. The summed E-state index contributed by atoms with van der Waals surface area (Å²) in [5, 5.41) is 59.4. The Balaban J connectivity index is 1.10. The number of ether oxygens (including phenoxy) is 10. The molecule has 1 unspecified atom stereocenters. The van der Waals surface area contributed by atoms with Gasteiger partial charge in [-0.25, -0.2) is 4.98 Å². The third kappa shape index (κ3) is 10.1. The highest BCUT2D eigenvalue weighted by Crippen LogP contribution is 2.54. The molecule has 6 N–H and O–H groups in total. The summed E-state index contributed by atoms with van der Waals surface area (Å²) < 4.78 is 61.5. The third-order valence-corrected chi connectivity index (χ3v) is 14.2. The van der Waals surface area contributed by atoms with E-state index in [-0.39, 0.29) is 51.8 Å². The summed E-state index contributed by atoms with van der Waals surface area (Å²) in [6, 6.07) is 5.60. The quantitative estimate of drug-likeness (QED) is 0.0698. The molecule has 2 aliphatic carbocycles. The summed E-state index contributed by atoms with van der Waals surface area (Å²) in [5.74, 6) is 11.2. The lowest BCUT2D eigenvalue weighted by Gasteiger charge is -2.44. The molecule has 10 rings (SSSR count). The van der Waals surface area contributed by atoms with Gasteiger partial charge in [0.25, 0.3) is 5.91 Å². The number of carbonyl (C=O) groups excluding carboxylic acids is 2. The van der Waals surface area contributed by atoms with Crippen molar-refractivity contribution in [3.8, 4) is 52.4 Å². The Bertz CT molecular complexity index is 2890. The van der Waals surface area contributed by atoms with E-state index in [0.717, 1.165) is 0 Å². The van der Waals surface area contributed by atoms with Crippen molar-refractivity contribution in [2.24, 2.45) is 0 Å². The maximum absolute atomic E-state index is 14.4. The van der Waals surface area contributed by atoms with Crippen LogP contribution >= 0.6 is 11.6 Å². The minimum Gasteiger partial charge on any atom is -0.507 e. The van der Waals surface area contributed by atoms with Crippen molar-refractivity contribution in [3.63, 3.8) is 0 Å². The van der Waals surface area contributed by atoms with Crippen LogP contribution in [0.3, 0.4) is 0 Å². The van der Waals surface area contributed by atoms with Crippen LogP contribution in [0.25, 0.3) is 10.8 Å². The van der Waals surface area contributed by atoms with Gasteiger partial charge in [-0.3, -0.25) is 9.59 Å². The van der Waals surface area contributed by atoms with Crippen molar-refractivity contribution >= 4 is 34.2 Å². The van der Waals surface area contributed by atoms with Crippen LogP contribution in [-0.2, 0) is 33.2 Å². The summed E-state index contributed by atoms with van der Waals surface area (Å²) in [6.45, 7) is 8.00. The van der Waals surface area contributed by atoms with E-state index in [2.05, 4.69) is 34.0 Å². The molecule has 5 bridgehead atoms. The lowest BCUT2D eigenvalue weighted by Crippen LogP contribution is -2.62. The number of likely N-dealkylation sites (N-methyl/N-ethyl adjacent to an activating group) is 1. The standard InChI is InChI=1S/C53H60ClN3O17/c1-24(2)68-36-18-28-17-34(58)31(20-30(28)45(65-8)46(36)66-9)50(63)56-33-21-40(59)67-23-38(72-51-44(61)43(60)42(57(6)7)25(3)70-51)27-11-10-12-39-53(74-39)29(14-13-27)19-37(71-35-16-15-32(33)55-49(35)54)48(53)73-41-22-52(5,64)47(62)26(4)69-41/h11,15-20,24-26,33,37-39,41-44,47-48,51,58,60-62,64H,21-23H2,1-9H3,(H,56,63)/b27-11+/t25-,26-,33+,37?,38+,39-,41-,42+,43+,44+,47-,48+,51-,52+,53+/m0/s1. The van der Waals surface area contributed by atoms with Crippen molar-refractivity contribution in [2.75, 3.05) is 34.9 Å². The minimum absolute atomic E-state index is 0.0596. The number of nitrogens with one attached hydrogen (secondary N) is 1. The van der Waals surface area contributed by atoms with E-state index in [1.54, 1.807) is 45.0 Å². The molecule has 21 heteroatoms. The number of benzene rings is 2. The molecule has 20 nitrogen and oxygen atoms in total. The molecule has 1 amide bonds. The number of nitrogens with zero attached hydrogens (tertiary/aromatic N) is 2. The Morgan fingerprint density at radius 3 is 2.46 bits per heavy atom. The van der Waals surface area contributed by atoms with E-state index in [0.29, 0.717) is 22.1 Å². The number of methoxy groups -OCH3 is 2. The zero-order valence-corrected chi connectivity index (χ0v) is 42.9. The van der Waals surface area contributed by atoms with Crippen LogP contribution in [0.15, 0.2) is 53.6 Å². The van der Waals surface area contributed by atoms with E-state index in [4.69, 9.17) is 59.0 Å². The normalized spacial score (nSPS) is 35.0. The molecule has 0 radical (unpaired) electrons. The van der Waals surface area contributed by atoms with E-state index >= 15 is 0 Å². The van der Waals surface area contributed by atoms with Gasteiger partial charge in [0.1, 0.15) is 49.0 Å². The molecule has 5 aliphatic heterocycles. The predicted octanol–water partition coefficient (Wildman–Crippen LogP) is 3.00. The number of esters is 1. The molecule has 3 saturated heterocycles. The highest BCUT2D eigenvalue weighted by molar-refractivity contribution is 6.30. The molecule has 3 fully saturated rings. The highest BCUT2D eigenvalue weighted by atomic mass is 35.5. The number of phenols is 1. The second kappa shape index (κ2) is 20.8. The largest absolute Gasteiger partial charge is 0.507 e. The number of halogens is 1. The van der Waals surface area contributed by atoms with E-state index < -0.39 is 121 Å². The van der Waals surface area contributed by atoms with Gasteiger partial charge in [0, 0.05) is 29.0 Å². The number of aliphatic hydroxyl groups excluding tert-OH is 3. The van der Waals surface area contributed by atoms with Crippen LogP contribution in [0.5, 0.6) is 28.7 Å². The molecule has 15 atom stereocenters. The zero-order chi connectivity index (χ0) is 53.1. The highest BCUT2D eigenvalue weighted by Gasteiger charge is 2.70. The molecule has 6 heterocycles. The summed E-state index contributed by atoms with van der Waals surface area (Å²) in [6.07, 6.45) is -9.86. The van der Waals surface area contributed by atoms with Gasteiger partial charge in [0.05, 0.1) is 67.9 Å². The summed E-state index contributed by atoms with van der Waals surface area (Å²) >= 11 is 6.91. The number of carbonyl (C=O) groups is 2. The van der Waals surface area contributed by atoms with Crippen molar-refractivity contribution in [1.82, 2.24) is 15.2 Å². The Labute approximate surface area is 432 Å². The number of pyridine rings is 1. The molecule has 3 aromatic rings. The maximum Gasteiger partial charge on any atom is 0.308 e. The number of rotatable bonds is 11. The number of fused-ring (bicyclic) bond motifs is 8. The van der Waals surface area contributed by atoms with Gasteiger partial charge >= 0.3 is 5.97 Å². The Morgan fingerprint density at radius 2 is 1.77 bits per heavy atom. The monoisotopic (exact) mass is 1050 g/mol. The fourth-order valence-electron chi connectivity index (χ4n) is 10.2. The Hall–Kier alpha value is -5.72. The topological polar surface area (TPSA) is 259 Å². The first-order chi connectivity index (χ1) is 35.1. The average Bonchev–Trinajstić information content (AvgIpc) is 3.97. The molecule has 1 spiro atoms. The van der Waals surface area contributed by atoms with Crippen molar-refractivity contribution < 1.29 is 82.5 Å². The first-order valence-corrected chi connectivity index (χ1v) is 24.6. The number of epoxide rings is 1. The van der Waals surface area contributed by atoms with Crippen LogP contribution in [0.4, 0.5) is 0 Å². The smallest absolute Gasteiger partial charge is 0.308 e. The molecule has 2 aromatic carbocycles. The Kier molecular flexibility index (Phi) is 14.9. The molecular weight excluding hydrogens is 986 g/mol. The van der Waals surface area contributed by atoms with Crippen LogP contribution in [0, 0.1) is 23.7 Å². The molecule has 0 saturated carbocycles. The SMILES string of the molecule is COc1c(OC(C)C)cc2cc(O)c(C(=O)N[C@@H]3CC(=O)OC[C@@H](O[C@@H]4O[C@@H](C)[C@@H](N(C)C)[C@@H](O)[C@H]4O)/C4=C/C#C[C@@H]5O[C@]56C(=CC(Oc5ccc3nc5Cl)[C@H]6O[C@H]3C[C@@](C)(O)[C@@H](O)[C@H](C)O3)C#C4)cc2c1OC. The summed E-state index contributed by atoms with van der Waals surface area (Å²) in [4.78, 5) is 34.9. The molecule has 7 aliphatic rings. The number of aromatic nitrogens is 1. The molecule has 74 heavy (non-hydrogen) atoms. The average molecular weight is 1050 g/mol. The molecule has 1 aromatic heterocycles. The number of aliphatic hydroxyl groups is 4. The van der Waals surface area contributed by atoms with Crippen LogP contribution in [0.1, 0.15) is 69.6 Å². The number of aromatic hydroxyl groups is 1. The van der Waals surface area contributed by atoms with E-state index in [1.165, 1.54) is 51.5 Å². The fourth-order valence-corrected chi connectivity index (χ4v) is 10.5. The fraction of sp³-hybridized carbons (Fsp3) is 0.528. The second-order valence-electron chi connectivity index (χ2n) is 19.8.